The third kappa shape index (κ3) is 3.15. The molecule has 0 radical (unpaired) electrons. The zero-order valence-electron chi connectivity index (χ0n) is 10.7. The van der Waals surface area contributed by atoms with Gasteiger partial charge in [-0.3, -0.25) is 4.79 Å². The van der Waals surface area contributed by atoms with E-state index in [1.54, 1.807) is 24.3 Å². The number of carbonyl (C=O) groups excluding carboxylic acids is 1. The summed E-state index contributed by atoms with van der Waals surface area (Å²) in [5.74, 6) is 0.00711. The number of hydrogen-bond acceptors (Lipinski definition) is 2. The van der Waals surface area contributed by atoms with E-state index < -0.39 is 0 Å². The first-order chi connectivity index (χ1) is 8.97. The number of carbonyl (C=O) groups is 1. The fourth-order valence-electron chi connectivity index (χ4n) is 1.78. The highest BCUT2D eigenvalue weighted by Gasteiger charge is 2.11. The number of halogens is 1. The Morgan fingerprint density at radius 3 is 2.53 bits per heavy atom. The van der Waals surface area contributed by atoms with Crippen LogP contribution in [0.5, 0.6) is 5.75 Å². The first-order valence-electron chi connectivity index (χ1n) is 5.84. The number of aryl methyl sites for hydroxylation is 2. The lowest BCUT2D eigenvalue weighted by atomic mass is 10.1. The van der Waals surface area contributed by atoms with Gasteiger partial charge in [0.2, 0.25) is 0 Å². The molecule has 3 nitrogen and oxygen atoms in total. The van der Waals surface area contributed by atoms with Crippen molar-refractivity contribution in [2.75, 3.05) is 5.32 Å². The summed E-state index contributed by atoms with van der Waals surface area (Å²) in [6.07, 6.45) is 0. The SMILES string of the molecule is Cc1ccc(C(=O)Nc2ccc(O)cc2C)c(Br)c1. The number of benzene rings is 2. The Morgan fingerprint density at radius 1 is 1.16 bits per heavy atom. The monoisotopic (exact) mass is 319 g/mol. The predicted octanol–water partition coefficient (Wildman–Crippen LogP) is 4.02. The highest BCUT2D eigenvalue weighted by atomic mass is 79.9. The van der Waals surface area contributed by atoms with Crippen LogP contribution in [0.15, 0.2) is 40.9 Å². The zero-order valence-corrected chi connectivity index (χ0v) is 12.3. The standard InChI is InChI=1S/C15H14BrNO2/c1-9-3-5-12(13(16)7-9)15(19)17-14-6-4-11(18)8-10(14)2/h3-8,18H,1-2H3,(H,17,19). The molecule has 2 aromatic carbocycles. The average molecular weight is 320 g/mol. The van der Waals surface area contributed by atoms with Crippen LogP contribution >= 0.6 is 15.9 Å². The van der Waals surface area contributed by atoms with Crippen LogP contribution in [0.4, 0.5) is 5.69 Å². The molecule has 0 spiro atoms. The Balaban J connectivity index is 2.25. The molecule has 1 amide bonds. The number of phenolic OH excluding ortho intramolecular Hbond substituents is 1. The van der Waals surface area contributed by atoms with Gasteiger partial charge in [0.1, 0.15) is 5.75 Å². The van der Waals surface area contributed by atoms with Gasteiger partial charge in [0.25, 0.3) is 5.91 Å². The number of aromatic hydroxyl groups is 1. The minimum Gasteiger partial charge on any atom is -0.508 e. The third-order valence-electron chi connectivity index (χ3n) is 2.83. The maximum absolute atomic E-state index is 12.2. The van der Waals surface area contributed by atoms with Gasteiger partial charge in [-0.2, -0.15) is 0 Å². The lowest BCUT2D eigenvalue weighted by Crippen LogP contribution is -2.13. The van der Waals surface area contributed by atoms with Gasteiger partial charge in [-0.25, -0.2) is 0 Å². The largest absolute Gasteiger partial charge is 0.508 e. The molecule has 0 aromatic heterocycles. The molecule has 0 bridgehead atoms. The summed E-state index contributed by atoms with van der Waals surface area (Å²) in [6.45, 7) is 3.80. The molecule has 0 aliphatic heterocycles. The summed E-state index contributed by atoms with van der Waals surface area (Å²) in [4.78, 5) is 12.2. The average Bonchev–Trinajstić information content (AvgIpc) is 2.32. The second kappa shape index (κ2) is 5.45. The van der Waals surface area contributed by atoms with Crippen molar-refractivity contribution in [2.45, 2.75) is 13.8 Å². The van der Waals surface area contributed by atoms with Crippen LogP contribution in [0.2, 0.25) is 0 Å². The molecule has 0 fully saturated rings. The van der Waals surface area contributed by atoms with E-state index in [1.165, 1.54) is 0 Å². The molecule has 0 atom stereocenters. The lowest BCUT2D eigenvalue weighted by Gasteiger charge is -2.10. The number of anilines is 1. The van der Waals surface area contributed by atoms with Crippen molar-refractivity contribution >= 4 is 27.5 Å². The van der Waals surface area contributed by atoms with Gasteiger partial charge in [0.05, 0.1) is 5.56 Å². The fraction of sp³-hybridized carbons (Fsp3) is 0.133. The Morgan fingerprint density at radius 2 is 1.89 bits per heavy atom. The van der Waals surface area contributed by atoms with Gasteiger partial charge in [0, 0.05) is 10.2 Å². The Hall–Kier alpha value is -1.81. The van der Waals surface area contributed by atoms with Crippen molar-refractivity contribution in [1.29, 1.82) is 0 Å². The summed E-state index contributed by atoms with van der Waals surface area (Å²) in [6, 6.07) is 10.4. The van der Waals surface area contributed by atoms with E-state index in [-0.39, 0.29) is 11.7 Å². The van der Waals surface area contributed by atoms with Gasteiger partial charge in [0.15, 0.2) is 0 Å². The van der Waals surface area contributed by atoms with Crippen LogP contribution in [-0.2, 0) is 0 Å². The summed E-state index contributed by atoms with van der Waals surface area (Å²) in [5, 5.41) is 12.2. The zero-order chi connectivity index (χ0) is 14.0. The smallest absolute Gasteiger partial charge is 0.256 e. The highest BCUT2D eigenvalue weighted by Crippen LogP contribution is 2.23. The number of phenols is 1. The maximum Gasteiger partial charge on any atom is 0.256 e. The number of nitrogens with one attached hydrogen (secondary N) is 1. The van der Waals surface area contributed by atoms with Crippen molar-refractivity contribution in [3.05, 3.63) is 57.6 Å². The maximum atomic E-state index is 12.2. The second-order valence-corrected chi connectivity index (χ2v) is 5.29. The van der Waals surface area contributed by atoms with Gasteiger partial charge < -0.3 is 10.4 Å². The van der Waals surface area contributed by atoms with Crippen molar-refractivity contribution in [3.8, 4) is 5.75 Å². The van der Waals surface area contributed by atoms with E-state index in [4.69, 9.17) is 0 Å². The Labute approximate surface area is 120 Å². The van der Waals surface area contributed by atoms with Crippen molar-refractivity contribution in [1.82, 2.24) is 0 Å². The van der Waals surface area contributed by atoms with Crippen LogP contribution in [0, 0.1) is 13.8 Å². The molecule has 98 valence electrons. The van der Waals surface area contributed by atoms with E-state index in [2.05, 4.69) is 21.2 Å². The summed E-state index contributed by atoms with van der Waals surface area (Å²) in [5.41, 5.74) is 3.18. The normalized spacial score (nSPS) is 10.3. The summed E-state index contributed by atoms with van der Waals surface area (Å²) in [7, 11) is 0. The van der Waals surface area contributed by atoms with Gasteiger partial charge in [-0.05, 0) is 71.2 Å². The minimum atomic E-state index is -0.180. The molecule has 4 heteroatoms. The Kier molecular flexibility index (Phi) is 3.90. The van der Waals surface area contributed by atoms with E-state index in [0.717, 1.165) is 15.6 Å². The van der Waals surface area contributed by atoms with Crippen LogP contribution in [0.3, 0.4) is 0 Å². The Bertz CT molecular complexity index is 638. The number of amides is 1. The molecular formula is C15H14BrNO2. The molecule has 0 saturated heterocycles. The summed E-state index contributed by atoms with van der Waals surface area (Å²) >= 11 is 3.39. The molecule has 0 unspecified atom stereocenters. The second-order valence-electron chi connectivity index (χ2n) is 4.44. The third-order valence-corrected chi connectivity index (χ3v) is 3.48. The van der Waals surface area contributed by atoms with Gasteiger partial charge in [-0.1, -0.05) is 6.07 Å². The molecule has 2 rings (SSSR count). The minimum absolute atomic E-state index is 0.180. The predicted molar refractivity (Wildman–Crippen MR) is 79.7 cm³/mol. The first-order valence-corrected chi connectivity index (χ1v) is 6.64. The lowest BCUT2D eigenvalue weighted by molar-refractivity contribution is 0.102. The van der Waals surface area contributed by atoms with E-state index in [0.29, 0.717) is 11.3 Å². The highest BCUT2D eigenvalue weighted by molar-refractivity contribution is 9.10. The van der Waals surface area contributed by atoms with Gasteiger partial charge >= 0.3 is 0 Å². The van der Waals surface area contributed by atoms with Crippen LogP contribution < -0.4 is 5.32 Å². The number of rotatable bonds is 2. The van der Waals surface area contributed by atoms with E-state index in [9.17, 15) is 9.90 Å². The van der Waals surface area contributed by atoms with Gasteiger partial charge in [-0.15, -0.1) is 0 Å². The van der Waals surface area contributed by atoms with Crippen molar-refractivity contribution < 1.29 is 9.90 Å². The number of hydrogen-bond donors (Lipinski definition) is 2. The van der Waals surface area contributed by atoms with Crippen LogP contribution in [0.1, 0.15) is 21.5 Å². The summed E-state index contributed by atoms with van der Waals surface area (Å²) < 4.78 is 0.765. The van der Waals surface area contributed by atoms with Crippen molar-refractivity contribution in [2.24, 2.45) is 0 Å². The quantitative estimate of drug-likeness (QED) is 0.821. The van der Waals surface area contributed by atoms with Crippen LogP contribution in [-0.4, -0.2) is 11.0 Å². The fourth-order valence-corrected chi connectivity index (χ4v) is 2.46. The molecule has 0 aliphatic carbocycles. The molecule has 2 aromatic rings. The molecule has 0 saturated carbocycles. The molecule has 2 N–H and O–H groups in total. The van der Waals surface area contributed by atoms with E-state index >= 15 is 0 Å². The van der Waals surface area contributed by atoms with E-state index in [1.807, 2.05) is 26.0 Å². The van der Waals surface area contributed by atoms with Crippen LogP contribution in [0.25, 0.3) is 0 Å². The topological polar surface area (TPSA) is 49.3 Å². The van der Waals surface area contributed by atoms with Crippen molar-refractivity contribution in [3.63, 3.8) is 0 Å². The molecule has 19 heavy (non-hydrogen) atoms. The first kappa shape index (κ1) is 13.6. The molecule has 0 heterocycles. The molecule has 0 aliphatic rings. The molecular weight excluding hydrogens is 306 g/mol.